The normalized spacial score (nSPS) is 14.5. The summed E-state index contributed by atoms with van der Waals surface area (Å²) in [5.74, 6) is -0.220. The van der Waals surface area contributed by atoms with Crippen LogP contribution in [0.4, 0.5) is 16.3 Å². The number of halogens is 1. The molecule has 2 aromatic heterocycles. The van der Waals surface area contributed by atoms with Crippen LogP contribution in [-0.2, 0) is 27.6 Å². The molecule has 1 saturated heterocycles. The maximum atomic E-state index is 13.5. The van der Waals surface area contributed by atoms with Crippen molar-refractivity contribution in [3.8, 4) is 0 Å². The molecule has 4 aromatic rings. The molecule has 13 heteroatoms. The van der Waals surface area contributed by atoms with Crippen LogP contribution in [0.3, 0.4) is 0 Å². The molecule has 0 bridgehead atoms. The average Bonchev–Trinajstić information content (AvgIpc) is 3.38. The number of ether oxygens (including phenoxy) is 1. The van der Waals surface area contributed by atoms with Crippen LogP contribution in [0.5, 0.6) is 0 Å². The van der Waals surface area contributed by atoms with Gasteiger partial charge in [-0.15, -0.1) is 0 Å². The fourth-order valence-electron chi connectivity index (χ4n) is 5.19. The number of nitrogens with one attached hydrogen (secondary N) is 1. The Morgan fingerprint density at radius 2 is 1.84 bits per heavy atom. The monoisotopic (exact) mass is 590 g/mol. The zero-order valence-corrected chi connectivity index (χ0v) is 24.1. The maximum absolute atomic E-state index is 13.5. The second-order valence-electron chi connectivity index (χ2n) is 10.6. The lowest BCUT2D eigenvalue weighted by atomic mass is 10.0. The highest BCUT2D eigenvalue weighted by atomic mass is 19.1. The molecule has 0 aliphatic carbocycles. The lowest BCUT2D eigenvalue weighted by Gasteiger charge is -2.38. The molecule has 2 aromatic carbocycles. The molecule has 0 spiro atoms. The summed E-state index contributed by atoms with van der Waals surface area (Å²) in [6.45, 7) is 2.80. The Morgan fingerprint density at radius 1 is 1.12 bits per heavy atom. The summed E-state index contributed by atoms with van der Waals surface area (Å²) in [5.41, 5.74) is 8.00. The molecule has 1 atom stereocenters. The smallest absolute Gasteiger partial charge is 0.327 e. The second-order valence-corrected chi connectivity index (χ2v) is 10.6. The number of carbonyl (C=O) groups excluding carboxylic acids is 2. The Labute approximate surface area is 247 Å². The van der Waals surface area contributed by atoms with Gasteiger partial charge in [-0.1, -0.05) is 24.3 Å². The van der Waals surface area contributed by atoms with Gasteiger partial charge in [-0.05, 0) is 49.6 Å². The van der Waals surface area contributed by atoms with Crippen LogP contribution in [-0.4, -0.2) is 69.7 Å². The van der Waals surface area contributed by atoms with Gasteiger partial charge in [-0.2, -0.15) is 0 Å². The van der Waals surface area contributed by atoms with Crippen LogP contribution in [0.2, 0.25) is 0 Å². The Hall–Kier alpha value is -4.78. The predicted molar refractivity (Wildman–Crippen MR) is 160 cm³/mol. The van der Waals surface area contributed by atoms with E-state index in [9.17, 15) is 18.8 Å². The maximum Gasteiger partial charge on any atom is 0.327 e. The third-order valence-corrected chi connectivity index (χ3v) is 7.59. The number of amides is 1. The molecule has 12 nitrogen and oxygen atoms in total. The molecule has 3 N–H and O–H groups in total. The van der Waals surface area contributed by atoms with Crippen molar-refractivity contribution in [1.82, 2.24) is 24.4 Å². The molecule has 1 amide bonds. The summed E-state index contributed by atoms with van der Waals surface area (Å²) in [5, 5.41) is 2.39. The van der Waals surface area contributed by atoms with E-state index in [0.717, 1.165) is 35.4 Å². The van der Waals surface area contributed by atoms with E-state index in [4.69, 9.17) is 15.5 Å². The van der Waals surface area contributed by atoms with Crippen LogP contribution >= 0.6 is 0 Å². The number of rotatable bonds is 10. The Morgan fingerprint density at radius 3 is 2.56 bits per heavy atom. The van der Waals surface area contributed by atoms with E-state index in [-0.39, 0.29) is 30.7 Å². The zero-order valence-electron chi connectivity index (χ0n) is 24.1. The molecule has 1 fully saturated rings. The largest absolute Gasteiger partial charge is 0.442 e. The standard InChI is InChI=1S/C30H35FN8O4/c1-20(32)28(42)34-17-27(41)43-19-39-26(40)11-14-33-29(39)36(2)23-12-15-37(16-13-23)30-35-24-5-3-4-6-25(24)38(30)18-21-7-9-22(31)10-8-21/h3-11,14,20,23H,12-13,15-19,32H2,1-2H3,(H,34,42). The number of carbonyl (C=O) groups is 2. The highest BCUT2D eigenvalue weighted by Crippen LogP contribution is 2.28. The van der Waals surface area contributed by atoms with Gasteiger partial charge >= 0.3 is 5.97 Å². The number of esters is 1. The third kappa shape index (κ3) is 6.83. The summed E-state index contributed by atoms with van der Waals surface area (Å²) >= 11 is 0. The lowest BCUT2D eigenvalue weighted by Crippen LogP contribution is -2.46. The van der Waals surface area contributed by atoms with E-state index in [1.807, 2.05) is 36.2 Å². The quantitative estimate of drug-likeness (QED) is 0.265. The minimum Gasteiger partial charge on any atom is -0.442 e. The third-order valence-electron chi connectivity index (χ3n) is 7.59. The molecule has 226 valence electrons. The van der Waals surface area contributed by atoms with E-state index in [0.29, 0.717) is 25.6 Å². The number of hydrogen-bond donors (Lipinski definition) is 2. The van der Waals surface area contributed by atoms with Gasteiger partial charge in [0.2, 0.25) is 17.8 Å². The topological polar surface area (TPSA) is 141 Å². The second kappa shape index (κ2) is 13.0. The number of fused-ring (bicyclic) bond motifs is 1. The van der Waals surface area contributed by atoms with E-state index in [1.54, 1.807) is 12.1 Å². The first-order valence-electron chi connectivity index (χ1n) is 14.1. The Balaban J connectivity index is 1.27. The van der Waals surface area contributed by atoms with Gasteiger partial charge in [0.15, 0.2) is 6.73 Å². The number of aromatic nitrogens is 4. The van der Waals surface area contributed by atoms with Gasteiger partial charge in [-0.3, -0.25) is 14.4 Å². The number of benzene rings is 2. The fourth-order valence-corrected chi connectivity index (χ4v) is 5.19. The first-order chi connectivity index (χ1) is 20.7. The van der Waals surface area contributed by atoms with Crippen LogP contribution in [0.25, 0.3) is 11.0 Å². The van der Waals surface area contributed by atoms with Crippen molar-refractivity contribution in [2.75, 3.05) is 36.5 Å². The zero-order chi connectivity index (χ0) is 30.5. The summed E-state index contributed by atoms with van der Waals surface area (Å²) < 4.78 is 22.2. The summed E-state index contributed by atoms with van der Waals surface area (Å²) in [7, 11) is 1.87. The molecule has 43 heavy (non-hydrogen) atoms. The van der Waals surface area contributed by atoms with Gasteiger partial charge in [0.1, 0.15) is 12.4 Å². The van der Waals surface area contributed by atoms with Crippen molar-refractivity contribution >= 4 is 34.8 Å². The number of anilines is 2. The lowest BCUT2D eigenvalue weighted by molar-refractivity contribution is -0.147. The van der Waals surface area contributed by atoms with Gasteiger partial charge in [-0.25, -0.2) is 18.9 Å². The molecule has 1 unspecified atom stereocenters. The predicted octanol–water partition coefficient (Wildman–Crippen LogP) is 1.85. The summed E-state index contributed by atoms with van der Waals surface area (Å²) in [6.07, 6.45) is 2.97. The van der Waals surface area contributed by atoms with Crippen molar-refractivity contribution in [1.29, 1.82) is 0 Å². The highest BCUT2D eigenvalue weighted by Gasteiger charge is 2.28. The molecular weight excluding hydrogens is 555 g/mol. The summed E-state index contributed by atoms with van der Waals surface area (Å²) in [6, 6.07) is 15.1. The average molecular weight is 591 g/mol. The van der Waals surface area contributed by atoms with E-state index < -0.39 is 17.9 Å². The molecule has 1 aliphatic heterocycles. The van der Waals surface area contributed by atoms with Crippen LogP contribution in [0, 0.1) is 5.82 Å². The first kappa shape index (κ1) is 29.7. The Bertz CT molecular complexity index is 1640. The van der Waals surface area contributed by atoms with Crippen molar-refractivity contribution < 1.29 is 18.7 Å². The van der Waals surface area contributed by atoms with Crippen LogP contribution in [0.1, 0.15) is 25.3 Å². The SMILES string of the molecule is CC(N)C(=O)NCC(=O)OCn1c(N(C)C2CCN(c3nc4ccccc4n3Cc3ccc(F)cc3)CC2)nccc1=O. The Kier molecular flexibility index (Phi) is 9.00. The molecule has 0 saturated carbocycles. The van der Waals surface area contributed by atoms with E-state index in [1.165, 1.54) is 35.9 Å². The fraction of sp³-hybridized carbons (Fsp3) is 0.367. The number of hydrogen-bond acceptors (Lipinski definition) is 9. The van der Waals surface area contributed by atoms with Crippen LogP contribution < -0.4 is 26.4 Å². The molecule has 1 aliphatic rings. The van der Waals surface area contributed by atoms with Gasteiger partial charge < -0.3 is 30.2 Å². The van der Waals surface area contributed by atoms with E-state index >= 15 is 0 Å². The van der Waals surface area contributed by atoms with Gasteiger partial charge in [0.05, 0.1) is 23.6 Å². The van der Waals surface area contributed by atoms with E-state index in [2.05, 4.69) is 19.8 Å². The number of para-hydroxylation sites is 2. The molecule has 3 heterocycles. The summed E-state index contributed by atoms with van der Waals surface area (Å²) in [4.78, 5) is 50.0. The number of nitrogens with zero attached hydrogens (tertiary/aromatic N) is 6. The van der Waals surface area contributed by atoms with Crippen molar-refractivity contribution in [3.05, 3.63) is 82.5 Å². The van der Waals surface area contributed by atoms with Gasteiger partial charge in [0, 0.05) is 38.4 Å². The molecule has 5 rings (SSSR count). The first-order valence-corrected chi connectivity index (χ1v) is 14.1. The van der Waals surface area contributed by atoms with Crippen molar-refractivity contribution in [2.24, 2.45) is 5.73 Å². The number of nitrogens with two attached hydrogens (primary N) is 1. The highest BCUT2D eigenvalue weighted by molar-refractivity contribution is 5.85. The van der Waals surface area contributed by atoms with Crippen LogP contribution in [0.15, 0.2) is 65.6 Å². The molecular formula is C30H35FN8O4. The minimum absolute atomic E-state index is 0.0627. The number of piperidine rings is 1. The van der Waals surface area contributed by atoms with Crippen molar-refractivity contribution in [2.45, 2.75) is 45.1 Å². The minimum atomic E-state index is -0.755. The molecule has 0 radical (unpaired) electrons. The van der Waals surface area contributed by atoms with Gasteiger partial charge in [0.25, 0.3) is 5.56 Å². The van der Waals surface area contributed by atoms with Crippen molar-refractivity contribution in [3.63, 3.8) is 0 Å². The number of imidazole rings is 1.